The van der Waals surface area contributed by atoms with Gasteiger partial charge >= 0.3 is 6.61 Å². The molecule has 0 aromatic heterocycles. The summed E-state index contributed by atoms with van der Waals surface area (Å²) in [5.41, 5.74) is 0.796. The highest BCUT2D eigenvalue weighted by atomic mass is 19.3. The molecule has 0 saturated heterocycles. The first-order valence-electron chi connectivity index (χ1n) is 5.42. The van der Waals surface area contributed by atoms with Crippen LogP contribution in [-0.2, 0) is 0 Å². The molecule has 96 valence electrons. The molecule has 1 aliphatic heterocycles. The van der Waals surface area contributed by atoms with Gasteiger partial charge in [0, 0.05) is 0 Å². The van der Waals surface area contributed by atoms with Crippen LogP contribution >= 0.6 is 0 Å². The summed E-state index contributed by atoms with van der Waals surface area (Å²) < 4.78 is 34.3. The first kappa shape index (κ1) is 12.5. The Labute approximate surface area is 103 Å². The molecule has 0 aliphatic carbocycles. The highest BCUT2D eigenvalue weighted by Gasteiger charge is 2.30. The number of benzene rings is 1. The van der Waals surface area contributed by atoms with Gasteiger partial charge in [-0.05, 0) is 24.6 Å². The molecule has 0 radical (unpaired) electrons. The van der Waals surface area contributed by atoms with Crippen molar-refractivity contribution in [1.82, 2.24) is 0 Å². The van der Waals surface area contributed by atoms with Gasteiger partial charge in [-0.2, -0.15) is 8.78 Å². The molecule has 0 unspecified atom stereocenters. The summed E-state index contributed by atoms with van der Waals surface area (Å²) >= 11 is 0. The van der Waals surface area contributed by atoms with Gasteiger partial charge in [-0.3, -0.25) is 4.79 Å². The minimum absolute atomic E-state index is 0.0790. The van der Waals surface area contributed by atoms with Crippen LogP contribution in [-0.4, -0.2) is 18.5 Å². The summed E-state index contributed by atoms with van der Waals surface area (Å²) in [6.07, 6.45) is -0.321. The van der Waals surface area contributed by atoms with Crippen LogP contribution in [0.4, 0.5) is 8.78 Å². The van der Waals surface area contributed by atoms with E-state index in [-0.39, 0.29) is 29.3 Å². The largest absolute Gasteiger partial charge is 0.485 e. The van der Waals surface area contributed by atoms with E-state index < -0.39 is 12.7 Å². The number of ether oxygens (including phenoxy) is 2. The van der Waals surface area contributed by atoms with E-state index in [4.69, 9.17) is 4.74 Å². The molecule has 0 fully saturated rings. The van der Waals surface area contributed by atoms with E-state index in [1.165, 1.54) is 12.1 Å². The maximum atomic E-state index is 12.2. The predicted molar refractivity (Wildman–Crippen MR) is 61.3 cm³/mol. The first-order chi connectivity index (χ1) is 8.49. The number of carbonyl (C=O) groups is 1. The molecule has 0 amide bonds. The zero-order valence-corrected chi connectivity index (χ0v) is 9.78. The minimum Gasteiger partial charge on any atom is -0.485 e. The fourth-order valence-corrected chi connectivity index (χ4v) is 1.82. The fourth-order valence-electron chi connectivity index (χ4n) is 1.82. The first-order valence-corrected chi connectivity index (χ1v) is 5.42. The number of ketones is 1. The van der Waals surface area contributed by atoms with E-state index in [0.717, 1.165) is 0 Å². The number of alkyl halides is 2. The molecular formula is C13H12F2O3. The molecule has 3 nitrogen and oxygen atoms in total. The Hall–Kier alpha value is -1.91. The van der Waals surface area contributed by atoms with Gasteiger partial charge in [0.25, 0.3) is 0 Å². The maximum absolute atomic E-state index is 12.2. The lowest BCUT2D eigenvalue weighted by molar-refractivity contribution is -0.0504. The maximum Gasteiger partial charge on any atom is 0.387 e. The number of fused-ring (bicyclic) bond motifs is 1. The van der Waals surface area contributed by atoms with Crippen molar-refractivity contribution in [3.8, 4) is 11.5 Å². The van der Waals surface area contributed by atoms with Gasteiger partial charge in [0.15, 0.2) is 5.78 Å². The lowest BCUT2D eigenvalue weighted by Crippen LogP contribution is -2.28. The van der Waals surface area contributed by atoms with Crippen molar-refractivity contribution in [3.63, 3.8) is 0 Å². The third-order valence-corrected chi connectivity index (χ3v) is 2.67. The van der Waals surface area contributed by atoms with Gasteiger partial charge in [0.1, 0.15) is 23.2 Å². The Balaban J connectivity index is 2.39. The Morgan fingerprint density at radius 2 is 2.28 bits per heavy atom. The summed E-state index contributed by atoms with van der Waals surface area (Å²) in [5.74, 6) is -0.162. The van der Waals surface area contributed by atoms with Crippen LogP contribution in [0.2, 0.25) is 0 Å². The van der Waals surface area contributed by atoms with Gasteiger partial charge in [0.05, 0.1) is 6.42 Å². The molecular weight excluding hydrogens is 242 g/mol. The SMILES string of the molecule is C=C(C)[C@@H]1CC(=O)c2c(OC(F)F)cccc2O1. The lowest BCUT2D eigenvalue weighted by atomic mass is 9.97. The summed E-state index contributed by atoms with van der Waals surface area (Å²) in [5, 5.41) is 0. The second kappa shape index (κ2) is 4.76. The molecule has 2 rings (SSSR count). The van der Waals surface area contributed by atoms with Gasteiger partial charge in [-0.25, -0.2) is 0 Å². The van der Waals surface area contributed by atoms with Crippen LogP contribution in [0.5, 0.6) is 11.5 Å². The normalized spacial score (nSPS) is 18.2. The summed E-state index contributed by atoms with van der Waals surface area (Å²) in [7, 11) is 0. The van der Waals surface area contributed by atoms with Crippen molar-refractivity contribution in [2.45, 2.75) is 26.1 Å². The van der Waals surface area contributed by atoms with Crippen LogP contribution in [0.1, 0.15) is 23.7 Å². The smallest absolute Gasteiger partial charge is 0.387 e. The average Bonchev–Trinajstić information content (AvgIpc) is 2.27. The molecule has 0 N–H and O–H groups in total. The molecule has 18 heavy (non-hydrogen) atoms. The Morgan fingerprint density at radius 3 is 2.89 bits per heavy atom. The van der Waals surface area contributed by atoms with Gasteiger partial charge < -0.3 is 9.47 Å². The van der Waals surface area contributed by atoms with Crippen molar-refractivity contribution in [2.24, 2.45) is 0 Å². The molecule has 1 aromatic carbocycles. The average molecular weight is 254 g/mol. The predicted octanol–water partition coefficient (Wildman–Crippen LogP) is 3.20. The summed E-state index contributed by atoms with van der Waals surface area (Å²) in [6, 6.07) is 4.39. The molecule has 0 saturated carbocycles. The van der Waals surface area contributed by atoms with Crippen molar-refractivity contribution in [2.75, 3.05) is 0 Å². The number of halogens is 2. The lowest BCUT2D eigenvalue weighted by Gasteiger charge is -2.26. The van der Waals surface area contributed by atoms with Crippen molar-refractivity contribution >= 4 is 5.78 Å². The molecule has 1 atom stereocenters. The van der Waals surface area contributed by atoms with E-state index in [1.54, 1.807) is 13.0 Å². The van der Waals surface area contributed by atoms with Crippen molar-refractivity contribution in [1.29, 1.82) is 0 Å². The Bertz CT molecular complexity index is 497. The van der Waals surface area contributed by atoms with Crippen LogP contribution < -0.4 is 9.47 Å². The topological polar surface area (TPSA) is 35.5 Å². The third-order valence-electron chi connectivity index (χ3n) is 2.67. The van der Waals surface area contributed by atoms with Crippen molar-refractivity contribution < 1.29 is 23.0 Å². The molecule has 1 aromatic rings. The fraction of sp³-hybridized carbons (Fsp3) is 0.308. The van der Waals surface area contributed by atoms with E-state index in [9.17, 15) is 13.6 Å². The molecule has 1 aliphatic rings. The standard InChI is InChI=1S/C13H12F2O3/c1-7(2)11-6-8(16)12-9(17-11)4-3-5-10(12)18-13(14)15/h3-5,11,13H,1,6H2,2H3/t11-/m0/s1. The van der Waals surface area contributed by atoms with E-state index >= 15 is 0 Å². The summed E-state index contributed by atoms with van der Waals surface area (Å²) in [6.45, 7) is 2.51. The molecule has 1 heterocycles. The number of Topliss-reactive ketones (excluding diaryl/α,β-unsaturated/α-hetero) is 1. The second-order valence-electron chi connectivity index (χ2n) is 4.09. The van der Waals surface area contributed by atoms with E-state index in [2.05, 4.69) is 11.3 Å². The Kier molecular flexibility index (Phi) is 3.32. The second-order valence-corrected chi connectivity index (χ2v) is 4.09. The van der Waals surface area contributed by atoms with Gasteiger partial charge in [-0.15, -0.1) is 0 Å². The highest BCUT2D eigenvalue weighted by molar-refractivity contribution is 6.02. The number of carbonyl (C=O) groups excluding carboxylic acids is 1. The molecule has 0 bridgehead atoms. The number of rotatable bonds is 3. The van der Waals surface area contributed by atoms with E-state index in [0.29, 0.717) is 5.57 Å². The summed E-state index contributed by atoms with van der Waals surface area (Å²) in [4.78, 5) is 12.0. The zero-order valence-electron chi connectivity index (χ0n) is 9.78. The molecule has 5 heteroatoms. The third kappa shape index (κ3) is 2.34. The van der Waals surface area contributed by atoms with Crippen molar-refractivity contribution in [3.05, 3.63) is 35.9 Å². The number of hydrogen-bond acceptors (Lipinski definition) is 3. The van der Waals surface area contributed by atoms with Crippen LogP contribution in [0.3, 0.4) is 0 Å². The zero-order chi connectivity index (χ0) is 13.3. The number of hydrogen-bond donors (Lipinski definition) is 0. The quantitative estimate of drug-likeness (QED) is 0.777. The van der Waals surface area contributed by atoms with Crippen LogP contribution in [0.15, 0.2) is 30.4 Å². The van der Waals surface area contributed by atoms with Gasteiger partial charge in [0.2, 0.25) is 0 Å². The van der Waals surface area contributed by atoms with Crippen LogP contribution in [0.25, 0.3) is 0 Å². The highest BCUT2D eigenvalue weighted by Crippen LogP contribution is 2.36. The van der Waals surface area contributed by atoms with Crippen LogP contribution in [0, 0.1) is 0 Å². The monoisotopic (exact) mass is 254 g/mol. The molecule has 0 spiro atoms. The van der Waals surface area contributed by atoms with Gasteiger partial charge in [-0.1, -0.05) is 12.6 Å². The minimum atomic E-state index is -2.97. The van der Waals surface area contributed by atoms with E-state index in [1.807, 2.05) is 0 Å². The Morgan fingerprint density at radius 1 is 1.56 bits per heavy atom.